The van der Waals surface area contributed by atoms with Crippen LogP contribution in [0.15, 0.2) is 16.8 Å². The summed E-state index contributed by atoms with van der Waals surface area (Å²) < 4.78 is 0. The third kappa shape index (κ3) is 4.22. The van der Waals surface area contributed by atoms with E-state index in [-0.39, 0.29) is 0 Å². The van der Waals surface area contributed by atoms with Gasteiger partial charge in [0.25, 0.3) is 0 Å². The summed E-state index contributed by atoms with van der Waals surface area (Å²) in [6.07, 6.45) is 5.99. The van der Waals surface area contributed by atoms with Crippen LogP contribution in [0.3, 0.4) is 0 Å². The van der Waals surface area contributed by atoms with Crippen molar-refractivity contribution < 1.29 is 0 Å². The lowest BCUT2D eigenvalue weighted by molar-refractivity contribution is 0.449. The largest absolute Gasteiger partial charge is 0.271 e. The van der Waals surface area contributed by atoms with Crippen molar-refractivity contribution in [2.75, 3.05) is 0 Å². The van der Waals surface area contributed by atoms with Crippen LogP contribution in [0.4, 0.5) is 0 Å². The van der Waals surface area contributed by atoms with Gasteiger partial charge < -0.3 is 0 Å². The number of nitrogens with two attached hydrogens (primary N) is 1. The molecule has 0 bridgehead atoms. The number of thiophene rings is 1. The molecule has 0 saturated heterocycles. The lowest BCUT2D eigenvalue weighted by atomic mass is 10.0. The summed E-state index contributed by atoms with van der Waals surface area (Å²) in [6.45, 7) is 2.21. The van der Waals surface area contributed by atoms with E-state index in [4.69, 9.17) is 5.84 Å². The molecule has 0 fully saturated rings. The molecule has 80 valence electrons. The maximum absolute atomic E-state index is 5.51. The SMILES string of the molecule is CCCCC(CCc1ccsc1)NN. The predicted octanol–water partition coefficient (Wildman–Crippen LogP) is 2.70. The van der Waals surface area contributed by atoms with Crippen LogP contribution >= 0.6 is 11.3 Å². The summed E-state index contributed by atoms with van der Waals surface area (Å²) in [6, 6.07) is 2.67. The molecule has 0 amide bonds. The highest BCUT2D eigenvalue weighted by Crippen LogP contribution is 2.12. The summed E-state index contributed by atoms with van der Waals surface area (Å²) in [5, 5.41) is 4.35. The molecular formula is C11H20N2S. The third-order valence-corrected chi connectivity index (χ3v) is 3.24. The number of hydrazine groups is 1. The van der Waals surface area contributed by atoms with Crippen LogP contribution in [0.5, 0.6) is 0 Å². The third-order valence-electron chi connectivity index (χ3n) is 2.50. The highest BCUT2D eigenvalue weighted by atomic mass is 32.1. The molecular weight excluding hydrogens is 192 g/mol. The second-order valence-corrected chi connectivity index (χ2v) is 4.46. The Hall–Kier alpha value is -0.380. The monoisotopic (exact) mass is 212 g/mol. The topological polar surface area (TPSA) is 38.0 Å². The number of unbranched alkanes of at least 4 members (excludes halogenated alkanes) is 1. The molecule has 3 heteroatoms. The average Bonchev–Trinajstić information content (AvgIpc) is 2.71. The van der Waals surface area contributed by atoms with Crippen molar-refractivity contribution in [3.8, 4) is 0 Å². The van der Waals surface area contributed by atoms with Crippen molar-refractivity contribution in [3.05, 3.63) is 22.4 Å². The minimum Gasteiger partial charge on any atom is -0.271 e. The summed E-state index contributed by atoms with van der Waals surface area (Å²) in [4.78, 5) is 0. The Morgan fingerprint density at radius 1 is 1.50 bits per heavy atom. The molecule has 1 aromatic heterocycles. The first-order valence-corrected chi connectivity index (χ1v) is 6.28. The fourth-order valence-corrected chi connectivity index (χ4v) is 2.24. The molecule has 1 atom stereocenters. The molecule has 3 N–H and O–H groups in total. The van der Waals surface area contributed by atoms with Gasteiger partial charge in [-0.25, -0.2) is 0 Å². The zero-order chi connectivity index (χ0) is 10.2. The van der Waals surface area contributed by atoms with Gasteiger partial charge in [-0.1, -0.05) is 19.8 Å². The maximum atomic E-state index is 5.51. The average molecular weight is 212 g/mol. The number of nitrogens with one attached hydrogen (secondary N) is 1. The van der Waals surface area contributed by atoms with E-state index < -0.39 is 0 Å². The fraction of sp³-hybridized carbons (Fsp3) is 0.636. The molecule has 0 spiro atoms. The Morgan fingerprint density at radius 2 is 2.36 bits per heavy atom. The van der Waals surface area contributed by atoms with Crippen molar-refractivity contribution in [1.82, 2.24) is 5.43 Å². The number of aryl methyl sites for hydroxylation is 1. The van der Waals surface area contributed by atoms with Crippen LogP contribution in [0, 0.1) is 0 Å². The minimum atomic E-state index is 0.481. The Labute approximate surface area is 90.5 Å². The molecule has 0 aliphatic carbocycles. The van der Waals surface area contributed by atoms with Crippen molar-refractivity contribution in [1.29, 1.82) is 0 Å². The van der Waals surface area contributed by atoms with E-state index in [1.54, 1.807) is 11.3 Å². The normalized spacial score (nSPS) is 13.0. The Balaban J connectivity index is 2.20. The Morgan fingerprint density at radius 3 is 2.93 bits per heavy atom. The van der Waals surface area contributed by atoms with Crippen molar-refractivity contribution >= 4 is 11.3 Å². The maximum Gasteiger partial charge on any atom is 0.0213 e. The van der Waals surface area contributed by atoms with Crippen molar-refractivity contribution in [2.45, 2.75) is 45.1 Å². The first kappa shape index (κ1) is 11.7. The molecule has 0 aliphatic rings. The summed E-state index contributed by atoms with van der Waals surface area (Å²) in [5.74, 6) is 5.51. The van der Waals surface area contributed by atoms with E-state index in [0.717, 1.165) is 12.8 Å². The Bertz CT molecular complexity index is 221. The minimum absolute atomic E-state index is 0.481. The summed E-state index contributed by atoms with van der Waals surface area (Å²) in [7, 11) is 0. The van der Waals surface area contributed by atoms with Crippen molar-refractivity contribution in [3.63, 3.8) is 0 Å². The van der Waals surface area contributed by atoms with Gasteiger partial charge in [0.2, 0.25) is 0 Å². The number of hydrogen-bond donors (Lipinski definition) is 2. The zero-order valence-electron chi connectivity index (χ0n) is 8.83. The van der Waals surface area contributed by atoms with Gasteiger partial charge >= 0.3 is 0 Å². The second kappa shape index (κ2) is 6.98. The van der Waals surface area contributed by atoms with Gasteiger partial charge in [0.05, 0.1) is 0 Å². The second-order valence-electron chi connectivity index (χ2n) is 3.68. The van der Waals surface area contributed by atoms with E-state index in [0.29, 0.717) is 6.04 Å². The number of hydrogen-bond acceptors (Lipinski definition) is 3. The predicted molar refractivity (Wildman–Crippen MR) is 63.3 cm³/mol. The van der Waals surface area contributed by atoms with Gasteiger partial charge in [-0.05, 0) is 41.7 Å². The lowest BCUT2D eigenvalue weighted by Crippen LogP contribution is -2.35. The van der Waals surface area contributed by atoms with Gasteiger partial charge in [0.1, 0.15) is 0 Å². The van der Waals surface area contributed by atoms with Crippen molar-refractivity contribution in [2.24, 2.45) is 5.84 Å². The molecule has 1 rings (SSSR count). The van der Waals surface area contributed by atoms with Gasteiger partial charge in [0.15, 0.2) is 0 Å². The van der Waals surface area contributed by atoms with Gasteiger partial charge in [0, 0.05) is 6.04 Å². The molecule has 0 radical (unpaired) electrons. The molecule has 1 aromatic rings. The van der Waals surface area contributed by atoms with E-state index in [1.807, 2.05) is 0 Å². The van der Waals surface area contributed by atoms with Crippen LogP contribution in [0.1, 0.15) is 38.2 Å². The Kier molecular flexibility index (Phi) is 5.83. The summed E-state index contributed by atoms with van der Waals surface area (Å²) in [5.41, 5.74) is 4.34. The first-order valence-electron chi connectivity index (χ1n) is 5.34. The van der Waals surface area contributed by atoms with Crippen LogP contribution in [0.25, 0.3) is 0 Å². The van der Waals surface area contributed by atoms with Crippen LogP contribution < -0.4 is 11.3 Å². The molecule has 0 aromatic carbocycles. The van der Waals surface area contributed by atoms with Gasteiger partial charge in [-0.3, -0.25) is 11.3 Å². The van der Waals surface area contributed by atoms with Crippen LogP contribution in [-0.4, -0.2) is 6.04 Å². The highest BCUT2D eigenvalue weighted by molar-refractivity contribution is 7.07. The molecule has 1 unspecified atom stereocenters. The zero-order valence-corrected chi connectivity index (χ0v) is 9.65. The molecule has 0 aliphatic heterocycles. The summed E-state index contributed by atoms with van der Waals surface area (Å²) >= 11 is 1.77. The van der Waals surface area contributed by atoms with Crippen LogP contribution in [-0.2, 0) is 6.42 Å². The van der Waals surface area contributed by atoms with Gasteiger partial charge in [-0.2, -0.15) is 11.3 Å². The molecule has 1 heterocycles. The lowest BCUT2D eigenvalue weighted by Gasteiger charge is -2.14. The molecule has 0 saturated carbocycles. The molecule has 14 heavy (non-hydrogen) atoms. The van der Waals surface area contributed by atoms with Gasteiger partial charge in [-0.15, -0.1) is 0 Å². The highest BCUT2D eigenvalue weighted by Gasteiger charge is 2.05. The number of rotatable bonds is 7. The van der Waals surface area contributed by atoms with Crippen LogP contribution in [0.2, 0.25) is 0 Å². The van der Waals surface area contributed by atoms with E-state index >= 15 is 0 Å². The fourth-order valence-electron chi connectivity index (χ4n) is 1.54. The molecule has 2 nitrogen and oxygen atoms in total. The quantitative estimate of drug-likeness (QED) is 0.539. The smallest absolute Gasteiger partial charge is 0.0213 e. The van der Waals surface area contributed by atoms with E-state index in [1.165, 1.54) is 24.8 Å². The van der Waals surface area contributed by atoms with E-state index in [2.05, 4.69) is 29.2 Å². The van der Waals surface area contributed by atoms with E-state index in [9.17, 15) is 0 Å². The standard InChI is InChI=1S/C11H20N2S/c1-2-3-4-11(13-12)6-5-10-7-8-14-9-10/h7-9,11,13H,2-6,12H2,1H3. The first-order chi connectivity index (χ1) is 6.86.